The molecule has 2 N–H and O–H groups in total. The number of guanidine groups is 1. The summed E-state index contributed by atoms with van der Waals surface area (Å²) in [5, 5.41) is 6.21. The van der Waals surface area contributed by atoms with E-state index in [1.807, 2.05) is 49.4 Å². The van der Waals surface area contributed by atoms with Gasteiger partial charge in [0.25, 0.3) is 0 Å². The molecule has 0 amide bonds. The summed E-state index contributed by atoms with van der Waals surface area (Å²) in [4.78, 5) is 8.72. The lowest BCUT2D eigenvalue weighted by atomic mass is 10.2. The van der Waals surface area contributed by atoms with Gasteiger partial charge in [0, 0.05) is 12.7 Å². The molecular weight excluding hydrogens is 300 g/mol. The minimum absolute atomic E-state index is 0.451. The van der Waals surface area contributed by atoms with Crippen LogP contribution < -0.4 is 15.4 Å². The van der Waals surface area contributed by atoms with Gasteiger partial charge in [0.1, 0.15) is 12.4 Å². The zero-order valence-corrected chi connectivity index (χ0v) is 13.8. The third kappa shape index (κ3) is 6.01. The topological polar surface area (TPSA) is 58.5 Å². The van der Waals surface area contributed by atoms with Crippen LogP contribution >= 0.6 is 0 Å². The molecule has 0 aliphatic carbocycles. The Morgan fingerprint density at radius 2 is 2.04 bits per heavy atom. The van der Waals surface area contributed by atoms with Crippen molar-refractivity contribution in [3.63, 3.8) is 0 Å². The molecule has 0 unspecified atom stereocenters. The number of benzene rings is 1. The first-order chi connectivity index (χ1) is 11.8. The zero-order valence-electron chi connectivity index (χ0n) is 13.8. The number of pyridine rings is 1. The van der Waals surface area contributed by atoms with E-state index in [-0.39, 0.29) is 0 Å². The number of ether oxygens (including phenoxy) is 1. The van der Waals surface area contributed by atoms with Crippen LogP contribution in [0.4, 0.5) is 0 Å². The first kappa shape index (κ1) is 17.4. The fraction of sp³-hybridized carbons (Fsp3) is 0.263. The molecule has 0 saturated carbocycles. The molecule has 0 spiro atoms. The second-order valence-electron chi connectivity index (χ2n) is 5.01. The Kier molecular flexibility index (Phi) is 7.16. The highest BCUT2D eigenvalue weighted by Gasteiger charge is 1.99. The van der Waals surface area contributed by atoms with Crippen LogP contribution in [0, 0.1) is 12.3 Å². The summed E-state index contributed by atoms with van der Waals surface area (Å²) in [6, 6.07) is 13.7. The van der Waals surface area contributed by atoms with Gasteiger partial charge >= 0.3 is 0 Å². The van der Waals surface area contributed by atoms with Crippen molar-refractivity contribution in [1.29, 1.82) is 0 Å². The van der Waals surface area contributed by atoms with Gasteiger partial charge < -0.3 is 15.4 Å². The smallest absolute Gasteiger partial charge is 0.192 e. The molecule has 0 aliphatic rings. The Labute approximate surface area is 143 Å². The molecule has 24 heavy (non-hydrogen) atoms. The second-order valence-corrected chi connectivity index (χ2v) is 5.01. The fourth-order valence-corrected chi connectivity index (χ4v) is 1.98. The zero-order chi connectivity index (χ0) is 17.0. The third-order valence-corrected chi connectivity index (χ3v) is 3.16. The maximum Gasteiger partial charge on any atom is 0.192 e. The molecule has 5 heteroatoms. The number of rotatable bonds is 7. The monoisotopic (exact) mass is 322 g/mol. The molecule has 0 saturated heterocycles. The average Bonchev–Trinajstić information content (AvgIpc) is 2.64. The van der Waals surface area contributed by atoms with Crippen LogP contribution in [0.15, 0.2) is 53.7 Å². The maximum absolute atomic E-state index is 5.72. The third-order valence-electron chi connectivity index (χ3n) is 3.16. The van der Waals surface area contributed by atoms with Crippen LogP contribution in [-0.2, 0) is 13.2 Å². The van der Waals surface area contributed by atoms with Gasteiger partial charge in [0.05, 0.1) is 18.8 Å². The van der Waals surface area contributed by atoms with Gasteiger partial charge in [-0.2, -0.15) is 0 Å². The van der Waals surface area contributed by atoms with E-state index in [4.69, 9.17) is 11.2 Å². The van der Waals surface area contributed by atoms with Crippen molar-refractivity contribution in [2.24, 2.45) is 4.99 Å². The largest absolute Gasteiger partial charge is 0.487 e. The molecule has 0 fully saturated rings. The van der Waals surface area contributed by atoms with Gasteiger partial charge in [0.2, 0.25) is 0 Å². The molecule has 0 radical (unpaired) electrons. The quantitative estimate of drug-likeness (QED) is 0.467. The molecule has 1 heterocycles. The molecule has 5 nitrogen and oxygen atoms in total. The van der Waals surface area contributed by atoms with E-state index in [1.165, 1.54) is 0 Å². The molecule has 2 aromatic rings. The van der Waals surface area contributed by atoms with Crippen molar-refractivity contribution in [3.05, 3.63) is 59.9 Å². The van der Waals surface area contributed by atoms with Gasteiger partial charge in [-0.3, -0.25) is 4.98 Å². The Morgan fingerprint density at radius 1 is 1.21 bits per heavy atom. The summed E-state index contributed by atoms with van der Waals surface area (Å²) in [6.45, 7) is 4.28. The van der Waals surface area contributed by atoms with Gasteiger partial charge in [0.15, 0.2) is 5.96 Å². The van der Waals surface area contributed by atoms with Gasteiger partial charge in [-0.1, -0.05) is 24.1 Å². The Morgan fingerprint density at radius 3 is 2.71 bits per heavy atom. The lowest BCUT2D eigenvalue weighted by molar-refractivity contribution is 0.301. The van der Waals surface area contributed by atoms with E-state index in [0.717, 1.165) is 23.6 Å². The van der Waals surface area contributed by atoms with Crippen molar-refractivity contribution in [2.75, 3.05) is 13.1 Å². The van der Waals surface area contributed by atoms with E-state index in [9.17, 15) is 0 Å². The fourth-order valence-electron chi connectivity index (χ4n) is 1.98. The van der Waals surface area contributed by atoms with Gasteiger partial charge in [-0.15, -0.1) is 6.42 Å². The van der Waals surface area contributed by atoms with Crippen molar-refractivity contribution in [3.8, 4) is 18.1 Å². The summed E-state index contributed by atoms with van der Waals surface area (Å²) in [7, 11) is 0. The second kappa shape index (κ2) is 9.90. The molecule has 2 rings (SSSR count). The van der Waals surface area contributed by atoms with Crippen molar-refractivity contribution in [2.45, 2.75) is 20.1 Å². The van der Waals surface area contributed by atoms with E-state index in [1.54, 1.807) is 6.20 Å². The number of nitrogens with one attached hydrogen (secondary N) is 2. The molecular formula is C19H22N4O. The van der Waals surface area contributed by atoms with E-state index in [0.29, 0.717) is 25.7 Å². The van der Waals surface area contributed by atoms with Crippen LogP contribution in [0.5, 0.6) is 5.75 Å². The van der Waals surface area contributed by atoms with Crippen molar-refractivity contribution < 1.29 is 4.74 Å². The number of terminal acetylenes is 1. The minimum Gasteiger partial charge on any atom is -0.487 e. The van der Waals surface area contributed by atoms with E-state index in [2.05, 4.69) is 26.5 Å². The number of aliphatic imine (C=N–C) groups is 1. The maximum atomic E-state index is 5.72. The first-order valence-electron chi connectivity index (χ1n) is 7.89. The Balaban J connectivity index is 1.87. The average molecular weight is 322 g/mol. The number of aromatic nitrogens is 1. The molecule has 1 aromatic heterocycles. The minimum atomic E-state index is 0.451. The first-order valence-corrected chi connectivity index (χ1v) is 7.89. The highest BCUT2D eigenvalue weighted by atomic mass is 16.5. The van der Waals surface area contributed by atoms with Gasteiger partial charge in [-0.25, -0.2) is 4.99 Å². The number of nitrogens with zero attached hydrogens (tertiary/aromatic N) is 2. The van der Waals surface area contributed by atoms with Crippen molar-refractivity contribution >= 4 is 5.96 Å². The van der Waals surface area contributed by atoms with Crippen LogP contribution in [0.25, 0.3) is 0 Å². The lowest BCUT2D eigenvalue weighted by Gasteiger charge is -2.09. The normalized spacial score (nSPS) is 10.8. The van der Waals surface area contributed by atoms with Crippen LogP contribution in [0.3, 0.4) is 0 Å². The van der Waals surface area contributed by atoms with E-state index < -0.39 is 0 Å². The summed E-state index contributed by atoms with van der Waals surface area (Å²) in [5.41, 5.74) is 2.00. The molecule has 124 valence electrons. The standard InChI is InChI=1S/C19H22N4O/c1-3-12-22-19(20-4-2)23-14-16-8-10-18(11-9-16)24-15-17-7-5-6-13-21-17/h1,5-11,13H,4,12,14-15H2,2H3,(H2,20,22,23). The molecule has 0 aliphatic heterocycles. The molecule has 0 atom stereocenters. The summed E-state index contributed by atoms with van der Waals surface area (Å²) in [6.07, 6.45) is 7.01. The number of hydrogen-bond acceptors (Lipinski definition) is 3. The van der Waals surface area contributed by atoms with E-state index >= 15 is 0 Å². The Hall–Kier alpha value is -3.00. The van der Waals surface area contributed by atoms with Crippen molar-refractivity contribution in [1.82, 2.24) is 15.6 Å². The predicted octanol–water partition coefficient (Wildman–Crippen LogP) is 2.35. The van der Waals surface area contributed by atoms with Crippen LogP contribution in [-0.4, -0.2) is 24.0 Å². The summed E-state index contributed by atoms with van der Waals surface area (Å²) >= 11 is 0. The predicted molar refractivity (Wildman–Crippen MR) is 96.7 cm³/mol. The van der Waals surface area contributed by atoms with Crippen LogP contribution in [0.1, 0.15) is 18.2 Å². The highest BCUT2D eigenvalue weighted by Crippen LogP contribution is 2.14. The van der Waals surface area contributed by atoms with Crippen LogP contribution in [0.2, 0.25) is 0 Å². The molecule has 1 aromatic carbocycles. The summed E-state index contributed by atoms with van der Waals surface area (Å²) < 4.78 is 5.72. The van der Waals surface area contributed by atoms with Gasteiger partial charge in [-0.05, 0) is 36.8 Å². The molecule has 0 bridgehead atoms. The highest BCUT2D eigenvalue weighted by molar-refractivity contribution is 5.79. The number of hydrogen-bond donors (Lipinski definition) is 2. The summed E-state index contributed by atoms with van der Waals surface area (Å²) in [5.74, 6) is 4.06. The lowest BCUT2D eigenvalue weighted by Crippen LogP contribution is -2.37. The Bertz CT molecular complexity index is 675. The SMILES string of the molecule is C#CCNC(=NCc1ccc(OCc2ccccn2)cc1)NCC.